The highest BCUT2D eigenvalue weighted by Gasteiger charge is 2.57. The lowest BCUT2D eigenvalue weighted by atomic mass is 9.58. The Bertz CT molecular complexity index is 615. The Labute approximate surface area is 150 Å². The van der Waals surface area contributed by atoms with Crippen LogP contribution in [-0.2, 0) is 14.9 Å². The van der Waals surface area contributed by atoms with Crippen molar-refractivity contribution in [3.8, 4) is 0 Å². The SMILES string of the molecule is CCO[C@H]1C[C@@H](O)C12CCN(C(=O)C1(c3ccccc3)CCC1)CC2. The molecular formula is C21H29NO3. The summed E-state index contributed by atoms with van der Waals surface area (Å²) >= 11 is 0. The van der Waals surface area contributed by atoms with Crippen LogP contribution in [0.4, 0.5) is 0 Å². The maximum Gasteiger partial charge on any atom is 0.233 e. The van der Waals surface area contributed by atoms with Gasteiger partial charge in [0.25, 0.3) is 0 Å². The molecule has 3 aliphatic rings. The summed E-state index contributed by atoms with van der Waals surface area (Å²) in [5, 5.41) is 10.4. The molecule has 0 aromatic heterocycles. The molecule has 2 aliphatic carbocycles. The molecule has 4 rings (SSSR count). The van der Waals surface area contributed by atoms with Gasteiger partial charge in [-0.05, 0) is 38.2 Å². The van der Waals surface area contributed by atoms with Crippen LogP contribution in [0.15, 0.2) is 30.3 Å². The molecule has 136 valence electrons. The van der Waals surface area contributed by atoms with E-state index < -0.39 is 0 Å². The lowest BCUT2D eigenvalue weighted by Crippen LogP contribution is -2.64. The Morgan fingerprint density at radius 3 is 2.40 bits per heavy atom. The number of hydrogen-bond donors (Lipinski definition) is 1. The minimum atomic E-state index is -0.302. The molecule has 2 saturated carbocycles. The number of nitrogens with zero attached hydrogens (tertiary/aromatic N) is 1. The minimum Gasteiger partial charge on any atom is -0.392 e. The minimum absolute atomic E-state index is 0.119. The van der Waals surface area contributed by atoms with Crippen LogP contribution in [0.2, 0.25) is 0 Å². The van der Waals surface area contributed by atoms with Crippen molar-refractivity contribution < 1.29 is 14.6 Å². The topological polar surface area (TPSA) is 49.8 Å². The van der Waals surface area contributed by atoms with Crippen LogP contribution < -0.4 is 0 Å². The van der Waals surface area contributed by atoms with E-state index in [9.17, 15) is 9.90 Å². The first-order valence-corrected chi connectivity index (χ1v) is 9.77. The lowest BCUT2D eigenvalue weighted by Gasteiger charge is -2.57. The molecule has 1 amide bonds. The first-order chi connectivity index (χ1) is 12.1. The summed E-state index contributed by atoms with van der Waals surface area (Å²) < 4.78 is 5.84. The predicted octanol–water partition coefficient (Wildman–Crippen LogP) is 2.89. The van der Waals surface area contributed by atoms with Gasteiger partial charge in [0.05, 0.1) is 17.6 Å². The van der Waals surface area contributed by atoms with E-state index in [0.29, 0.717) is 12.5 Å². The molecule has 25 heavy (non-hydrogen) atoms. The number of carbonyl (C=O) groups is 1. The smallest absolute Gasteiger partial charge is 0.233 e. The van der Waals surface area contributed by atoms with Crippen LogP contribution in [0.3, 0.4) is 0 Å². The Balaban J connectivity index is 1.46. The van der Waals surface area contributed by atoms with Crippen LogP contribution >= 0.6 is 0 Å². The summed E-state index contributed by atoms with van der Waals surface area (Å²) in [6.45, 7) is 4.19. The Morgan fingerprint density at radius 2 is 1.88 bits per heavy atom. The van der Waals surface area contributed by atoms with E-state index in [2.05, 4.69) is 12.1 Å². The van der Waals surface area contributed by atoms with Crippen molar-refractivity contribution in [1.29, 1.82) is 0 Å². The number of hydrogen-bond acceptors (Lipinski definition) is 3. The van der Waals surface area contributed by atoms with Gasteiger partial charge >= 0.3 is 0 Å². The van der Waals surface area contributed by atoms with Gasteiger partial charge in [0.2, 0.25) is 5.91 Å². The van der Waals surface area contributed by atoms with Crippen LogP contribution in [-0.4, -0.2) is 47.8 Å². The third kappa shape index (κ3) is 2.53. The second-order valence-corrected chi connectivity index (χ2v) is 8.02. The van der Waals surface area contributed by atoms with Gasteiger partial charge in [-0.15, -0.1) is 0 Å². The summed E-state index contributed by atoms with van der Waals surface area (Å²) in [4.78, 5) is 15.4. The standard InChI is InChI=1S/C21H29NO3/c1-2-25-18-15-17(23)21(18)11-13-22(14-12-21)19(24)20(9-6-10-20)16-7-4-3-5-8-16/h3-5,7-8,17-18,23H,2,6,9-15H2,1H3/t17-,18+/m1/s1. The second kappa shape index (κ2) is 6.40. The number of benzene rings is 1. The quantitative estimate of drug-likeness (QED) is 0.914. The third-order valence-electron chi connectivity index (χ3n) is 7.03. The van der Waals surface area contributed by atoms with Crippen molar-refractivity contribution in [1.82, 2.24) is 4.90 Å². The summed E-state index contributed by atoms with van der Waals surface area (Å²) in [7, 11) is 0. The fraction of sp³-hybridized carbons (Fsp3) is 0.667. The molecule has 0 unspecified atom stereocenters. The molecule has 4 nitrogen and oxygen atoms in total. The fourth-order valence-corrected chi connectivity index (χ4v) is 5.16. The van der Waals surface area contributed by atoms with Crippen molar-refractivity contribution in [2.24, 2.45) is 5.41 Å². The number of likely N-dealkylation sites (tertiary alicyclic amines) is 1. The number of carbonyl (C=O) groups excluding carboxylic acids is 1. The average Bonchev–Trinajstić information content (AvgIpc) is 2.62. The van der Waals surface area contributed by atoms with Gasteiger partial charge in [0, 0.05) is 31.5 Å². The average molecular weight is 343 g/mol. The van der Waals surface area contributed by atoms with E-state index in [4.69, 9.17) is 4.74 Å². The van der Waals surface area contributed by atoms with Crippen molar-refractivity contribution in [2.45, 2.75) is 63.1 Å². The van der Waals surface area contributed by atoms with Gasteiger partial charge in [-0.1, -0.05) is 36.8 Å². The van der Waals surface area contributed by atoms with E-state index in [1.54, 1.807) is 0 Å². The molecular weight excluding hydrogens is 314 g/mol. The molecule has 2 atom stereocenters. The molecule has 3 fully saturated rings. The molecule has 0 bridgehead atoms. The van der Waals surface area contributed by atoms with Crippen molar-refractivity contribution in [3.63, 3.8) is 0 Å². The number of piperidine rings is 1. The highest BCUT2D eigenvalue weighted by atomic mass is 16.5. The number of ether oxygens (including phenoxy) is 1. The van der Waals surface area contributed by atoms with E-state index >= 15 is 0 Å². The highest BCUT2D eigenvalue weighted by molar-refractivity contribution is 5.89. The van der Waals surface area contributed by atoms with Crippen molar-refractivity contribution in [3.05, 3.63) is 35.9 Å². The molecule has 1 N–H and O–H groups in total. The monoisotopic (exact) mass is 343 g/mol. The first-order valence-electron chi connectivity index (χ1n) is 9.77. The Kier molecular flexibility index (Phi) is 4.37. The largest absolute Gasteiger partial charge is 0.392 e. The van der Waals surface area contributed by atoms with Gasteiger partial charge in [-0.2, -0.15) is 0 Å². The number of aliphatic hydroxyl groups is 1. The summed E-state index contributed by atoms with van der Waals surface area (Å²) in [5.41, 5.74) is 0.748. The number of aliphatic hydroxyl groups excluding tert-OH is 1. The zero-order valence-corrected chi connectivity index (χ0v) is 15.1. The summed E-state index contributed by atoms with van der Waals surface area (Å²) in [5.74, 6) is 0.293. The molecule has 1 saturated heterocycles. The molecule has 4 heteroatoms. The normalized spacial score (nSPS) is 29.8. The molecule has 0 radical (unpaired) electrons. The maximum atomic E-state index is 13.3. The molecule has 1 aromatic rings. The number of rotatable bonds is 4. The summed E-state index contributed by atoms with van der Waals surface area (Å²) in [6, 6.07) is 10.3. The van der Waals surface area contributed by atoms with E-state index in [1.165, 1.54) is 5.56 Å². The van der Waals surface area contributed by atoms with Gasteiger partial charge in [0.1, 0.15) is 0 Å². The Hall–Kier alpha value is -1.39. The molecule has 1 aromatic carbocycles. The number of amides is 1. The van der Waals surface area contributed by atoms with Gasteiger partial charge in [0.15, 0.2) is 0 Å². The first kappa shape index (κ1) is 17.0. The van der Waals surface area contributed by atoms with E-state index in [-0.39, 0.29) is 23.0 Å². The van der Waals surface area contributed by atoms with Gasteiger partial charge in [-0.3, -0.25) is 4.79 Å². The van der Waals surface area contributed by atoms with Crippen LogP contribution in [0.25, 0.3) is 0 Å². The maximum absolute atomic E-state index is 13.3. The third-order valence-corrected chi connectivity index (χ3v) is 7.03. The zero-order chi connectivity index (χ0) is 17.5. The predicted molar refractivity (Wildman–Crippen MR) is 96.3 cm³/mol. The lowest BCUT2D eigenvalue weighted by molar-refractivity contribution is -0.211. The highest BCUT2D eigenvalue weighted by Crippen LogP contribution is 2.52. The zero-order valence-electron chi connectivity index (χ0n) is 15.1. The van der Waals surface area contributed by atoms with Gasteiger partial charge in [-0.25, -0.2) is 0 Å². The van der Waals surface area contributed by atoms with Crippen LogP contribution in [0, 0.1) is 5.41 Å². The van der Waals surface area contributed by atoms with Crippen molar-refractivity contribution in [2.75, 3.05) is 19.7 Å². The van der Waals surface area contributed by atoms with E-state index in [0.717, 1.165) is 51.6 Å². The van der Waals surface area contributed by atoms with Crippen LogP contribution in [0.1, 0.15) is 51.0 Å². The molecule has 1 aliphatic heterocycles. The second-order valence-electron chi connectivity index (χ2n) is 8.02. The van der Waals surface area contributed by atoms with Crippen LogP contribution in [0.5, 0.6) is 0 Å². The van der Waals surface area contributed by atoms with Gasteiger partial charge < -0.3 is 14.7 Å². The fourth-order valence-electron chi connectivity index (χ4n) is 5.16. The van der Waals surface area contributed by atoms with E-state index in [1.807, 2.05) is 30.0 Å². The summed E-state index contributed by atoms with van der Waals surface area (Å²) in [6.07, 6.45) is 5.40. The Morgan fingerprint density at radius 1 is 1.20 bits per heavy atom. The van der Waals surface area contributed by atoms with Crippen molar-refractivity contribution >= 4 is 5.91 Å². The molecule has 1 heterocycles. The molecule has 1 spiro atoms.